The number of carbonyl (C=O) groups is 1. The van der Waals surface area contributed by atoms with Gasteiger partial charge in [-0.2, -0.15) is 0 Å². The number of aliphatic hydroxyl groups is 1. The molecule has 0 aromatic carbocycles. The molecule has 0 radical (unpaired) electrons. The van der Waals surface area contributed by atoms with E-state index in [0.717, 1.165) is 25.7 Å². The van der Waals surface area contributed by atoms with E-state index in [4.69, 9.17) is 5.11 Å². The molecule has 0 amide bonds. The molecule has 2 aliphatic carbocycles. The second-order valence-electron chi connectivity index (χ2n) is 4.14. The molecule has 2 rings (SSSR count). The van der Waals surface area contributed by atoms with E-state index in [-0.39, 0.29) is 6.61 Å². The highest BCUT2D eigenvalue weighted by molar-refractivity contribution is 5.86. The van der Waals surface area contributed by atoms with Crippen LogP contribution in [0.25, 0.3) is 0 Å². The number of aliphatic hydroxyl groups excluding tert-OH is 1. The molecule has 1 N–H and O–H groups in total. The second-order valence-corrected chi connectivity index (χ2v) is 4.14. The van der Waals surface area contributed by atoms with Crippen LogP contribution in [-0.2, 0) is 4.79 Å². The Kier molecular flexibility index (Phi) is 2.18. The summed E-state index contributed by atoms with van der Waals surface area (Å²) in [5.41, 5.74) is 0. The van der Waals surface area contributed by atoms with Gasteiger partial charge in [0.2, 0.25) is 0 Å². The molecule has 0 aromatic heterocycles. The molecule has 0 aliphatic heterocycles. The summed E-state index contributed by atoms with van der Waals surface area (Å²) in [6.45, 7) is 0.251. The van der Waals surface area contributed by atoms with Crippen molar-refractivity contribution in [1.82, 2.24) is 0 Å². The minimum absolute atomic E-state index is 0.251. The average molecular weight is 168 g/mol. The lowest BCUT2D eigenvalue weighted by Crippen LogP contribution is -2.21. The number of fused-ring (bicyclic) bond motifs is 2. The molecule has 3 atom stereocenters. The maximum atomic E-state index is 11.6. The van der Waals surface area contributed by atoms with Crippen LogP contribution in [0.15, 0.2) is 0 Å². The number of hydrogen-bond acceptors (Lipinski definition) is 2. The Morgan fingerprint density at radius 2 is 2.25 bits per heavy atom. The van der Waals surface area contributed by atoms with Gasteiger partial charge in [0.05, 0.1) is 0 Å². The SMILES string of the molecule is O=C1[C@@H]2CCC[C@H]1[C@H](CCO)C2. The fourth-order valence-electron chi connectivity index (χ4n) is 2.89. The summed E-state index contributed by atoms with van der Waals surface area (Å²) < 4.78 is 0. The number of rotatable bonds is 2. The molecule has 0 spiro atoms. The van der Waals surface area contributed by atoms with E-state index in [0.29, 0.717) is 23.5 Å². The third-order valence-electron chi connectivity index (χ3n) is 3.49. The van der Waals surface area contributed by atoms with Gasteiger partial charge >= 0.3 is 0 Å². The number of hydrogen-bond donors (Lipinski definition) is 1. The second kappa shape index (κ2) is 3.17. The highest BCUT2D eigenvalue weighted by atomic mass is 16.3. The molecular weight excluding hydrogens is 152 g/mol. The van der Waals surface area contributed by atoms with Gasteiger partial charge in [0.25, 0.3) is 0 Å². The minimum atomic E-state index is 0.251. The molecule has 2 aliphatic rings. The van der Waals surface area contributed by atoms with Crippen LogP contribution in [0, 0.1) is 17.8 Å². The fraction of sp³-hybridized carbons (Fsp3) is 0.900. The summed E-state index contributed by atoms with van der Waals surface area (Å²) >= 11 is 0. The van der Waals surface area contributed by atoms with Gasteiger partial charge in [-0.15, -0.1) is 0 Å². The summed E-state index contributed by atoms with van der Waals surface area (Å²) in [7, 11) is 0. The van der Waals surface area contributed by atoms with Gasteiger partial charge in [0.15, 0.2) is 0 Å². The number of Topliss-reactive ketones (excluding diaryl/α,β-unsaturated/α-hetero) is 1. The first-order chi connectivity index (χ1) is 5.83. The third kappa shape index (κ3) is 1.18. The van der Waals surface area contributed by atoms with Crippen LogP contribution < -0.4 is 0 Å². The smallest absolute Gasteiger partial charge is 0.139 e. The van der Waals surface area contributed by atoms with E-state index in [1.165, 1.54) is 6.42 Å². The first-order valence-corrected chi connectivity index (χ1v) is 4.97. The van der Waals surface area contributed by atoms with Crippen LogP contribution >= 0.6 is 0 Å². The maximum Gasteiger partial charge on any atom is 0.139 e. The molecule has 2 nitrogen and oxygen atoms in total. The van der Waals surface area contributed by atoms with E-state index in [2.05, 4.69) is 0 Å². The lowest BCUT2D eigenvalue weighted by Gasteiger charge is -2.19. The van der Waals surface area contributed by atoms with E-state index >= 15 is 0 Å². The average Bonchev–Trinajstić information content (AvgIpc) is 2.29. The highest BCUT2D eigenvalue weighted by Gasteiger charge is 2.43. The van der Waals surface area contributed by atoms with Crippen LogP contribution in [-0.4, -0.2) is 17.5 Å². The largest absolute Gasteiger partial charge is 0.396 e. The fourth-order valence-corrected chi connectivity index (χ4v) is 2.89. The van der Waals surface area contributed by atoms with E-state index in [9.17, 15) is 4.79 Å². The first kappa shape index (κ1) is 8.24. The van der Waals surface area contributed by atoms with Gasteiger partial charge in [-0.1, -0.05) is 6.42 Å². The lowest BCUT2D eigenvalue weighted by molar-refractivity contribution is -0.126. The normalized spacial score (nSPS) is 40.4. The zero-order chi connectivity index (χ0) is 8.55. The molecule has 0 saturated heterocycles. The van der Waals surface area contributed by atoms with Crippen LogP contribution in [0.5, 0.6) is 0 Å². The topological polar surface area (TPSA) is 37.3 Å². The van der Waals surface area contributed by atoms with Crippen LogP contribution in [0.2, 0.25) is 0 Å². The van der Waals surface area contributed by atoms with Gasteiger partial charge < -0.3 is 5.11 Å². The van der Waals surface area contributed by atoms with Crippen molar-refractivity contribution in [1.29, 1.82) is 0 Å². The summed E-state index contributed by atoms with van der Waals surface area (Å²) in [6, 6.07) is 0. The Hall–Kier alpha value is -0.370. The quantitative estimate of drug-likeness (QED) is 0.676. The summed E-state index contributed by atoms with van der Waals surface area (Å²) in [6.07, 6.45) is 5.32. The van der Waals surface area contributed by atoms with Crippen LogP contribution in [0.1, 0.15) is 32.1 Å². The van der Waals surface area contributed by atoms with Crippen molar-refractivity contribution in [2.75, 3.05) is 6.61 Å². The zero-order valence-electron chi connectivity index (χ0n) is 7.33. The van der Waals surface area contributed by atoms with Crippen molar-refractivity contribution in [3.63, 3.8) is 0 Å². The molecule has 2 bridgehead atoms. The molecule has 0 aromatic rings. The van der Waals surface area contributed by atoms with Crippen LogP contribution in [0.3, 0.4) is 0 Å². The zero-order valence-corrected chi connectivity index (χ0v) is 7.33. The Labute approximate surface area is 73.0 Å². The molecule has 68 valence electrons. The van der Waals surface area contributed by atoms with E-state index in [1.807, 2.05) is 0 Å². The van der Waals surface area contributed by atoms with Crippen molar-refractivity contribution in [3.05, 3.63) is 0 Å². The van der Waals surface area contributed by atoms with Gasteiger partial charge in [-0.3, -0.25) is 4.79 Å². The van der Waals surface area contributed by atoms with E-state index < -0.39 is 0 Å². The van der Waals surface area contributed by atoms with Crippen molar-refractivity contribution in [3.8, 4) is 0 Å². The lowest BCUT2D eigenvalue weighted by atomic mass is 9.85. The molecule has 0 heterocycles. The molecule has 12 heavy (non-hydrogen) atoms. The number of carbonyl (C=O) groups excluding carboxylic acids is 1. The maximum absolute atomic E-state index is 11.6. The molecule has 0 unspecified atom stereocenters. The Balaban J connectivity index is 2.06. The van der Waals surface area contributed by atoms with Crippen molar-refractivity contribution < 1.29 is 9.90 Å². The molecular formula is C10H16O2. The minimum Gasteiger partial charge on any atom is -0.396 e. The van der Waals surface area contributed by atoms with Crippen molar-refractivity contribution in [2.45, 2.75) is 32.1 Å². The van der Waals surface area contributed by atoms with Gasteiger partial charge in [0.1, 0.15) is 5.78 Å². The van der Waals surface area contributed by atoms with Gasteiger partial charge in [0, 0.05) is 18.4 Å². The van der Waals surface area contributed by atoms with Gasteiger partial charge in [-0.05, 0) is 31.6 Å². The summed E-state index contributed by atoms with van der Waals surface area (Å²) in [5, 5.41) is 8.82. The molecule has 2 fully saturated rings. The van der Waals surface area contributed by atoms with E-state index in [1.54, 1.807) is 0 Å². The monoisotopic (exact) mass is 168 g/mol. The molecule has 2 saturated carbocycles. The molecule has 2 heteroatoms. The summed E-state index contributed by atoms with van der Waals surface area (Å²) in [4.78, 5) is 11.6. The van der Waals surface area contributed by atoms with Crippen LogP contribution in [0.4, 0.5) is 0 Å². The first-order valence-electron chi connectivity index (χ1n) is 4.97. The van der Waals surface area contributed by atoms with Gasteiger partial charge in [-0.25, -0.2) is 0 Å². The highest BCUT2D eigenvalue weighted by Crippen LogP contribution is 2.44. The predicted octanol–water partition coefficient (Wildman–Crippen LogP) is 1.37. The Bertz CT molecular complexity index is 188. The Morgan fingerprint density at radius 1 is 1.42 bits per heavy atom. The standard InChI is InChI=1S/C10H16O2/c11-5-4-7-6-8-2-1-3-9(7)10(8)12/h7-9,11H,1-6H2/t7-,8-,9+/m1/s1. The third-order valence-corrected chi connectivity index (χ3v) is 3.49. The summed E-state index contributed by atoms with van der Waals surface area (Å²) in [5.74, 6) is 1.69. The number of ketones is 1. The Morgan fingerprint density at radius 3 is 2.92 bits per heavy atom. The van der Waals surface area contributed by atoms with Crippen molar-refractivity contribution >= 4 is 5.78 Å². The van der Waals surface area contributed by atoms with Crippen molar-refractivity contribution in [2.24, 2.45) is 17.8 Å². The predicted molar refractivity (Wildman–Crippen MR) is 45.6 cm³/mol.